The van der Waals surface area contributed by atoms with Crippen LogP contribution in [0, 0.1) is 57.1 Å². The molecule has 4 fully saturated rings. The van der Waals surface area contributed by atoms with Gasteiger partial charge < -0.3 is 15.6 Å². The summed E-state index contributed by atoms with van der Waals surface area (Å²) in [4.78, 5) is 12.0. The number of ether oxygens (including phenoxy) is 1. The van der Waals surface area contributed by atoms with Gasteiger partial charge in [-0.3, -0.25) is 0 Å². The molecule has 1 aromatic rings. The van der Waals surface area contributed by atoms with Crippen molar-refractivity contribution < 1.29 is 19.0 Å². The molecule has 3 N–H and O–H groups in total. The summed E-state index contributed by atoms with van der Waals surface area (Å²) in [7, 11) is 1.28. The van der Waals surface area contributed by atoms with Crippen molar-refractivity contribution in [1.29, 1.82) is 0 Å². The van der Waals surface area contributed by atoms with Gasteiger partial charge in [-0.2, -0.15) is 0 Å². The van der Waals surface area contributed by atoms with E-state index in [2.05, 4.69) is 47.3 Å². The van der Waals surface area contributed by atoms with E-state index in [0.717, 1.165) is 43.2 Å². The largest absolute Gasteiger partial charge is 0.465 e. The molecule has 0 bridgehead atoms. The summed E-state index contributed by atoms with van der Waals surface area (Å²) in [6.07, 6.45) is 12.5. The van der Waals surface area contributed by atoms with Crippen LogP contribution in [0.5, 0.6) is 0 Å². The highest BCUT2D eigenvalue weighted by Crippen LogP contribution is 2.76. The number of fused-ring (bicyclic) bond motifs is 7. The summed E-state index contributed by atoms with van der Waals surface area (Å²) in [5, 5.41) is 10.1. The molecule has 0 aliphatic heterocycles. The first-order valence-electron chi connectivity index (χ1n) is 16.3. The molecule has 1 aromatic carbocycles. The Kier molecular flexibility index (Phi) is 6.99. The van der Waals surface area contributed by atoms with Crippen LogP contribution >= 0.6 is 0 Å². The number of nitrogens with two attached hydrogens (primary N) is 1. The third kappa shape index (κ3) is 3.87. The van der Waals surface area contributed by atoms with E-state index >= 15 is 4.39 Å². The number of carbonyl (C=O) groups is 1. The highest BCUT2D eigenvalue weighted by atomic mass is 19.1. The summed E-state index contributed by atoms with van der Waals surface area (Å²) >= 11 is 0. The number of rotatable bonds is 4. The van der Waals surface area contributed by atoms with E-state index in [1.165, 1.54) is 44.4 Å². The highest BCUT2D eigenvalue weighted by Gasteiger charge is 2.70. The van der Waals surface area contributed by atoms with Crippen molar-refractivity contribution in [3.8, 4) is 0 Å². The minimum Gasteiger partial charge on any atom is -0.465 e. The molecule has 0 radical (unpaired) electrons. The molecule has 4 nitrogen and oxygen atoms in total. The van der Waals surface area contributed by atoms with Gasteiger partial charge in [0, 0.05) is 5.54 Å². The lowest BCUT2D eigenvalue weighted by molar-refractivity contribution is -0.217. The number of hydrogen-bond donors (Lipinski definition) is 2. The average molecular weight is 578 g/mol. The smallest absolute Gasteiger partial charge is 0.340 e. The molecule has 42 heavy (non-hydrogen) atoms. The summed E-state index contributed by atoms with van der Waals surface area (Å²) in [5.41, 5.74) is 10.6. The van der Waals surface area contributed by atoms with Crippen molar-refractivity contribution >= 4 is 11.5 Å². The minimum atomic E-state index is -0.640. The average Bonchev–Trinajstić information content (AvgIpc) is 3.29. The minimum absolute atomic E-state index is 0.0141. The maximum atomic E-state index is 15.0. The van der Waals surface area contributed by atoms with Crippen LogP contribution in [0.4, 0.5) is 4.39 Å². The number of carbonyl (C=O) groups excluding carboxylic acids is 1. The van der Waals surface area contributed by atoms with Gasteiger partial charge in [0.2, 0.25) is 0 Å². The van der Waals surface area contributed by atoms with E-state index in [4.69, 9.17) is 10.5 Å². The zero-order valence-electron chi connectivity index (χ0n) is 26.7. The molecule has 0 amide bonds. The molecular weight excluding hydrogens is 525 g/mol. The predicted octanol–water partition coefficient (Wildman–Crippen LogP) is 7.95. The Morgan fingerprint density at radius 2 is 1.76 bits per heavy atom. The predicted molar refractivity (Wildman–Crippen MR) is 166 cm³/mol. The SMILES string of the molecule is C=C(CO)[C@@H]1CC[C@]2(N)CC[C@]3(C)[C@H](CC[C@@H]4[C@@]5(C)CC=C(c6ccc(C(=O)OC)c(F)c6)C(C)(C)[C@@H]5CC[C@]43C)[C@@H]12. The van der Waals surface area contributed by atoms with Crippen LogP contribution in [0.3, 0.4) is 0 Å². The van der Waals surface area contributed by atoms with Gasteiger partial charge in [0.25, 0.3) is 0 Å². The topological polar surface area (TPSA) is 72.5 Å². The van der Waals surface area contributed by atoms with Crippen LogP contribution < -0.4 is 5.73 Å². The summed E-state index contributed by atoms with van der Waals surface area (Å²) < 4.78 is 19.8. The monoisotopic (exact) mass is 577 g/mol. The van der Waals surface area contributed by atoms with Gasteiger partial charge in [-0.15, -0.1) is 0 Å². The highest BCUT2D eigenvalue weighted by molar-refractivity contribution is 5.90. The van der Waals surface area contributed by atoms with E-state index < -0.39 is 11.8 Å². The van der Waals surface area contributed by atoms with Crippen LogP contribution in [0.15, 0.2) is 36.4 Å². The molecule has 5 aliphatic carbocycles. The maximum Gasteiger partial charge on any atom is 0.340 e. The van der Waals surface area contributed by atoms with Gasteiger partial charge in [-0.05, 0) is 138 Å². The van der Waals surface area contributed by atoms with E-state index in [1.54, 1.807) is 6.07 Å². The fraction of sp³-hybridized carbons (Fsp3) is 0.703. The number of halogens is 1. The molecule has 5 aliphatic rings. The number of allylic oxidation sites excluding steroid dienone is 2. The first kappa shape index (κ1) is 30.1. The van der Waals surface area contributed by atoms with Crippen LogP contribution in [-0.4, -0.2) is 30.3 Å². The Labute approximate surface area is 252 Å². The van der Waals surface area contributed by atoms with Crippen molar-refractivity contribution in [2.75, 3.05) is 13.7 Å². The van der Waals surface area contributed by atoms with E-state index in [1.807, 2.05) is 6.07 Å². The molecule has 4 saturated carbocycles. The van der Waals surface area contributed by atoms with Gasteiger partial charge in [0.05, 0.1) is 19.3 Å². The summed E-state index contributed by atoms with van der Waals surface area (Å²) in [5.74, 6) is 1.24. The molecule has 5 heteroatoms. The Morgan fingerprint density at radius 3 is 2.43 bits per heavy atom. The number of methoxy groups -OCH3 is 1. The second kappa shape index (κ2) is 9.76. The number of aliphatic hydroxyl groups excluding tert-OH is 1. The van der Waals surface area contributed by atoms with Gasteiger partial charge in [0.15, 0.2) is 0 Å². The normalized spacial score (nSPS) is 43.7. The summed E-state index contributed by atoms with van der Waals surface area (Å²) in [6.45, 7) is 16.9. The number of benzene rings is 1. The molecule has 230 valence electrons. The first-order valence-corrected chi connectivity index (χ1v) is 16.3. The number of hydrogen-bond acceptors (Lipinski definition) is 4. The Hall–Kier alpha value is -1.98. The van der Waals surface area contributed by atoms with Crippen LogP contribution in [-0.2, 0) is 4.74 Å². The lowest BCUT2D eigenvalue weighted by Crippen LogP contribution is -2.67. The van der Waals surface area contributed by atoms with E-state index in [-0.39, 0.29) is 39.4 Å². The zero-order valence-corrected chi connectivity index (χ0v) is 26.7. The van der Waals surface area contributed by atoms with Crippen LogP contribution in [0.1, 0.15) is 108 Å². The van der Waals surface area contributed by atoms with Crippen molar-refractivity contribution in [3.63, 3.8) is 0 Å². The van der Waals surface area contributed by atoms with Gasteiger partial charge >= 0.3 is 5.97 Å². The maximum absolute atomic E-state index is 15.0. The van der Waals surface area contributed by atoms with Crippen molar-refractivity contribution in [2.24, 2.45) is 57.0 Å². The van der Waals surface area contributed by atoms with Crippen LogP contribution in [0.25, 0.3) is 5.57 Å². The standard InChI is InChI=1S/C37H52FNO3/c1-22(21-40)24-12-17-37(39)19-18-35(5)27(31(24)37)10-11-30-34(4)15-13-26(33(2,3)29(34)14-16-36(30,35)6)23-8-9-25(28(38)20-23)32(41)42-7/h8-9,13,20,24,27,29-31,40H,1,10-12,14-19,21,39H2,2-7H3/t24-,27+,29-,30+,31+,34-,35+,36+,37-/m0/s1. The van der Waals surface area contributed by atoms with Gasteiger partial charge in [-0.1, -0.05) is 53.3 Å². The van der Waals surface area contributed by atoms with E-state index in [0.29, 0.717) is 29.6 Å². The van der Waals surface area contributed by atoms with Crippen molar-refractivity contribution in [3.05, 3.63) is 53.4 Å². The molecule has 0 unspecified atom stereocenters. The first-order chi connectivity index (χ1) is 19.7. The van der Waals surface area contributed by atoms with Crippen molar-refractivity contribution in [2.45, 2.75) is 97.9 Å². The molecule has 0 heterocycles. The van der Waals surface area contributed by atoms with Gasteiger partial charge in [0.1, 0.15) is 5.82 Å². The molecule has 6 rings (SSSR count). The van der Waals surface area contributed by atoms with Crippen LogP contribution in [0.2, 0.25) is 0 Å². The molecule has 0 saturated heterocycles. The summed E-state index contributed by atoms with van der Waals surface area (Å²) in [6, 6.07) is 4.99. The lowest BCUT2D eigenvalue weighted by atomic mass is 9.33. The quantitative estimate of drug-likeness (QED) is 0.281. The second-order valence-electron chi connectivity index (χ2n) is 16.1. The molecule has 0 aromatic heterocycles. The Morgan fingerprint density at radius 1 is 1.02 bits per heavy atom. The van der Waals surface area contributed by atoms with E-state index in [9.17, 15) is 9.90 Å². The van der Waals surface area contributed by atoms with Crippen molar-refractivity contribution in [1.82, 2.24) is 0 Å². The Bertz CT molecular complexity index is 1330. The fourth-order valence-corrected chi connectivity index (χ4v) is 12.3. The van der Waals surface area contributed by atoms with Gasteiger partial charge in [-0.25, -0.2) is 9.18 Å². The fourth-order valence-electron chi connectivity index (χ4n) is 12.3. The zero-order chi connectivity index (χ0) is 30.5. The third-order valence-corrected chi connectivity index (χ3v) is 14.5. The lowest BCUT2D eigenvalue weighted by Gasteiger charge is -2.72. The number of aliphatic hydroxyl groups is 1. The Balaban J connectivity index is 1.35. The molecule has 0 spiro atoms. The third-order valence-electron chi connectivity index (χ3n) is 14.5. The molecule has 9 atom stereocenters. The second-order valence-corrected chi connectivity index (χ2v) is 16.1. The molecular formula is C37H52FNO3. The number of esters is 1.